The molecule has 0 aromatic heterocycles. The highest BCUT2D eigenvalue weighted by Crippen LogP contribution is 2.19. The number of amides is 2. The second-order valence-corrected chi connectivity index (χ2v) is 8.03. The Hall–Kier alpha value is -1.85. The Bertz CT molecular complexity index is 795. The average molecular weight is 466 g/mol. The summed E-state index contributed by atoms with van der Waals surface area (Å²) in [5, 5.41) is 3.54. The van der Waals surface area contributed by atoms with E-state index in [-0.39, 0.29) is 11.8 Å². The Kier molecular flexibility index (Phi) is 9.00. The fraction of sp³-hybridized carbons (Fsp3) is 0.364. The van der Waals surface area contributed by atoms with Gasteiger partial charge >= 0.3 is 0 Å². The number of nitrogens with zero attached hydrogens (tertiary/aromatic N) is 1. The molecular weight excluding hydrogens is 440 g/mol. The van der Waals surface area contributed by atoms with E-state index in [4.69, 9.17) is 11.6 Å². The number of benzene rings is 2. The van der Waals surface area contributed by atoms with Crippen molar-refractivity contribution >= 4 is 39.3 Å². The lowest BCUT2D eigenvalue weighted by Crippen LogP contribution is -2.47. The van der Waals surface area contributed by atoms with Crippen LogP contribution in [0.1, 0.15) is 37.8 Å². The molecule has 0 fully saturated rings. The number of hydrogen-bond donors (Lipinski definition) is 1. The third-order valence-electron chi connectivity index (χ3n) is 4.55. The first kappa shape index (κ1) is 22.4. The number of aryl methyl sites for hydroxylation is 1. The zero-order valence-corrected chi connectivity index (χ0v) is 18.6. The van der Waals surface area contributed by atoms with Crippen LogP contribution in [0.5, 0.6) is 0 Å². The van der Waals surface area contributed by atoms with Gasteiger partial charge in [-0.1, -0.05) is 64.8 Å². The van der Waals surface area contributed by atoms with Crippen molar-refractivity contribution in [1.29, 1.82) is 0 Å². The van der Waals surface area contributed by atoms with E-state index in [1.165, 1.54) is 0 Å². The number of halogens is 2. The van der Waals surface area contributed by atoms with Crippen LogP contribution >= 0.6 is 27.5 Å². The molecule has 0 aliphatic carbocycles. The van der Waals surface area contributed by atoms with Crippen LogP contribution in [0, 0.1) is 0 Å². The fourth-order valence-corrected chi connectivity index (χ4v) is 3.35. The summed E-state index contributed by atoms with van der Waals surface area (Å²) in [6, 6.07) is 14.7. The van der Waals surface area contributed by atoms with E-state index in [0.717, 1.165) is 22.0 Å². The molecule has 0 saturated carbocycles. The Labute approximate surface area is 180 Å². The molecule has 0 radical (unpaired) electrons. The van der Waals surface area contributed by atoms with Crippen LogP contribution in [0.2, 0.25) is 5.02 Å². The molecule has 2 amide bonds. The average Bonchev–Trinajstić information content (AvgIpc) is 2.70. The van der Waals surface area contributed by atoms with Crippen molar-refractivity contribution in [3.8, 4) is 0 Å². The van der Waals surface area contributed by atoms with Gasteiger partial charge in [0, 0.05) is 29.0 Å². The van der Waals surface area contributed by atoms with E-state index in [9.17, 15) is 9.59 Å². The Balaban J connectivity index is 2.13. The van der Waals surface area contributed by atoms with Crippen LogP contribution in [0.4, 0.5) is 0 Å². The van der Waals surface area contributed by atoms with E-state index in [0.29, 0.717) is 31.0 Å². The van der Waals surface area contributed by atoms with Crippen LogP contribution in [0.3, 0.4) is 0 Å². The summed E-state index contributed by atoms with van der Waals surface area (Å²) in [6.45, 7) is 4.76. The van der Waals surface area contributed by atoms with Crippen molar-refractivity contribution in [3.05, 3.63) is 69.2 Å². The maximum atomic E-state index is 13.0. The minimum absolute atomic E-state index is 0.0676. The maximum absolute atomic E-state index is 13.0. The number of rotatable bonds is 9. The first-order valence-electron chi connectivity index (χ1n) is 9.47. The second-order valence-electron chi connectivity index (χ2n) is 6.71. The summed E-state index contributed by atoms with van der Waals surface area (Å²) in [4.78, 5) is 27.1. The van der Waals surface area contributed by atoms with Crippen molar-refractivity contribution < 1.29 is 9.59 Å². The van der Waals surface area contributed by atoms with Crippen molar-refractivity contribution in [2.24, 2.45) is 0 Å². The maximum Gasteiger partial charge on any atom is 0.242 e. The largest absolute Gasteiger partial charge is 0.354 e. The Morgan fingerprint density at radius 1 is 1.14 bits per heavy atom. The first-order chi connectivity index (χ1) is 13.4. The second kappa shape index (κ2) is 11.2. The lowest BCUT2D eigenvalue weighted by Gasteiger charge is -2.29. The summed E-state index contributed by atoms with van der Waals surface area (Å²) < 4.78 is 0.974. The molecular formula is C22H26BrClN2O2. The van der Waals surface area contributed by atoms with Gasteiger partial charge in [0.2, 0.25) is 11.8 Å². The van der Waals surface area contributed by atoms with E-state index >= 15 is 0 Å². The molecule has 0 heterocycles. The molecule has 6 heteroatoms. The lowest BCUT2D eigenvalue weighted by atomic mass is 10.1. The highest BCUT2D eigenvalue weighted by atomic mass is 79.9. The highest BCUT2D eigenvalue weighted by molar-refractivity contribution is 9.10. The number of hydrogen-bond acceptors (Lipinski definition) is 2. The van der Waals surface area contributed by atoms with Crippen molar-refractivity contribution in [2.75, 3.05) is 6.54 Å². The molecule has 2 aromatic rings. The number of nitrogens with one attached hydrogen (secondary N) is 1. The van der Waals surface area contributed by atoms with E-state index in [2.05, 4.69) is 21.2 Å². The zero-order valence-electron chi connectivity index (χ0n) is 16.3. The van der Waals surface area contributed by atoms with Gasteiger partial charge in [0.25, 0.3) is 0 Å². The number of carbonyl (C=O) groups is 2. The molecule has 4 nitrogen and oxygen atoms in total. The minimum Gasteiger partial charge on any atom is -0.354 e. The van der Waals surface area contributed by atoms with E-state index in [1.807, 2.05) is 55.5 Å². The van der Waals surface area contributed by atoms with Gasteiger partial charge in [-0.25, -0.2) is 0 Å². The van der Waals surface area contributed by atoms with Gasteiger partial charge in [-0.3, -0.25) is 9.59 Å². The quantitative estimate of drug-likeness (QED) is 0.568. The van der Waals surface area contributed by atoms with E-state index < -0.39 is 6.04 Å². The van der Waals surface area contributed by atoms with Crippen molar-refractivity contribution in [1.82, 2.24) is 10.2 Å². The topological polar surface area (TPSA) is 49.4 Å². The van der Waals surface area contributed by atoms with Crippen LogP contribution in [0.15, 0.2) is 53.0 Å². The highest BCUT2D eigenvalue weighted by Gasteiger charge is 2.25. The van der Waals surface area contributed by atoms with Gasteiger partial charge in [-0.2, -0.15) is 0 Å². The predicted molar refractivity (Wildman–Crippen MR) is 117 cm³/mol. The fourth-order valence-electron chi connectivity index (χ4n) is 2.85. The van der Waals surface area contributed by atoms with Crippen LogP contribution in [-0.4, -0.2) is 29.3 Å². The van der Waals surface area contributed by atoms with Crippen molar-refractivity contribution in [2.45, 2.75) is 45.7 Å². The van der Waals surface area contributed by atoms with Gasteiger partial charge < -0.3 is 10.2 Å². The Morgan fingerprint density at radius 3 is 2.46 bits per heavy atom. The van der Waals surface area contributed by atoms with Gasteiger partial charge in [0.15, 0.2) is 0 Å². The zero-order chi connectivity index (χ0) is 20.5. The summed E-state index contributed by atoms with van der Waals surface area (Å²) in [6.07, 6.45) is 1.69. The molecule has 0 unspecified atom stereocenters. The SMILES string of the molecule is CCCNC(=O)[C@H](C)N(Cc1ccc(Br)cc1)C(=O)CCc1ccccc1Cl. The molecule has 0 aliphatic rings. The summed E-state index contributed by atoms with van der Waals surface area (Å²) in [5.41, 5.74) is 1.91. The number of carbonyl (C=O) groups excluding carboxylic acids is 2. The molecule has 2 rings (SSSR count). The molecule has 0 bridgehead atoms. The Morgan fingerprint density at radius 2 is 1.82 bits per heavy atom. The lowest BCUT2D eigenvalue weighted by molar-refractivity contribution is -0.140. The van der Waals surface area contributed by atoms with Gasteiger partial charge in [-0.05, 0) is 49.1 Å². The molecule has 0 saturated heterocycles. The molecule has 0 spiro atoms. The molecule has 150 valence electrons. The molecule has 0 aliphatic heterocycles. The minimum atomic E-state index is -0.547. The van der Waals surface area contributed by atoms with Gasteiger partial charge in [0.05, 0.1) is 0 Å². The summed E-state index contributed by atoms with van der Waals surface area (Å²) in [7, 11) is 0. The monoisotopic (exact) mass is 464 g/mol. The smallest absolute Gasteiger partial charge is 0.242 e. The molecule has 1 atom stereocenters. The van der Waals surface area contributed by atoms with Gasteiger partial charge in [-0.15, -0.1) is 0 Å². The molecule has 28 heavy (non-hydrogen) atoms. The standard InChI is InChI=1S/C22H26BrClN2O2/c1-3-14-25-22(28)16(2)26(15-17-8-11-19(23)12-9-17)21(27)13-10-18-6-4-5-7-20(18)24/h4-9,11-12,16H,3,10,13-15H2,1-2H3,(H,25,28)/t16-/m0/s1. The normalized spacial score (nSPS) is 11.7. The van der Waals surface area contributed by atoms with Crippen LogP contribution in [-0.2, 0) is 22.6 Å². The third kappa shape index (κ3) is 6.64. The first-order valence-corrected chi connectivity index (χ1v) is 10.6. The summed E-state index contributed by atoms with van der Waals surface area (Å²) >= 11 is 9.63. The van der Waals surface area contributed by atoms with E-state index in [1.54, 1.807) is 11.8 Å². The van der Waals surface area contributed by atoms with Crippen LogP contribution in [0.25, 0.3) is 0 Å². The van der Waals surface area contributed by atoms with Crippen LogP contribution < -0.4 is 5.32 Å². The van der Waals surface area contributed by atoms with Crippen molar-refractivity contribution in [3.63, 3.8) is 0 Å². The predicted octanol–water partition coefficient (Wildman–Crippen LogP) is 4.98. The summed E-state index contributed by atoms with van der Waals surface area (Å²) in [5.74, 6) is -0.202. The molecule has 2 aromatic carbocycles. The third-order valence-corrected chi connectivity index (χ3v) is 5.45. The molecule has 1 N–H and O–H groups in total. The van der Waals surface area contributed by atoms with Gasteiger partial charge in [0.1, 0.15) is 6.04 Å².